The van der Waals surface area contributed by atoms with Gasteiger partial charge in [-0.3, -0.25) is 0 Å². The van der Waals surface area contributed by atoms with E-state index in [1.54, 1.807) is 0 Å². The summed E-state index contributed by atoms with van der Waals surface area (Å²) in [5.41, 5.74) is -0.496. The number of hydrogen-bond donors (Lipinski definition) is 0. The van der Waals surface area contributed by atoms with Crippen molar-refractivity contribution in [3.05, 3.63) is 59.1 Å². The number of hydrogen-bond acceptors (Lipinski definition) is 2. The molecule has 4 rings (SSSR count). The van der Waals surface area contributed by atoms with Crippen LogP contribution in [-0.4, -0.2) is 18.4 Å². The fourth-order valence-corrected chi connectivity index (χ4v) is 6.53. The Labute approximate surface area is 229 Å². The molecule has 0 spiro atoms. The van der Waals surface area contributed by atoms with Gasteiger partial charge in [-0.2, -0.15) is 8.78 Å². The molecular weight excluding hydrogens is 544 g/mol. The number of halogens is 8. The molecular formula is C30H36F8O2. The summed E-state index contributed by atoms with van der Waals surface area (Å²) in [5.74, 6) is -3.83. The zero-order valence-corrected chi connectivity index (χ0v) is 22.5. The van der Waals surface area contributed by atoms with Gasteiger partial charge >= 0.3 is 12.5 Å². The Morgan fingerprint density at radius 3 is 2.10 bits per heavy atom. The number of ether oxygens (including phenoxy) is 2. The van der Waals surface area contributed by atoms with Crippen LogP contribution in [0.15, 0.2) is 42.2 Å². The van der Waals surface area contributed by atoms with Crippen LogP contribution in [0.25, 0.3) is 0 Å². The summed E-state index contributed by atoms with van der Waals surface area (Å²) < 4.78 is 117. The number of benzene rings is 1. The van der Waals surface area contributed by atoms with Crippen LogP contribution in [0.1, 0.15) is 94.6 Å². The predicted molar refractivity (Wildman–Crippen MR) is 134 cm³/mol. The SMILES string of the molecule is CCCCC1CCC(C2CCC(c3ccc(C(F)(F)OC4=CC(F)C(F)(OC(F)(F)F)C=C4)c(F)c3)CC2)CC1. The molecule has 40 heavy (non-hydrogen) atoms. The van der Waals surface area contributed by atoms with E-state index >= 15 is 0 Å². The fraction of sp³-hybridized carbons (Fsp3) is 0.667. The van der Waals surface area contributed by atoms with E-state index in [0.29, 0.717) is 17.6 Å². The first-order valence-corrected chi connectivity index (χ1v) is 14.2. The smallest absolute Gasteiger partial charge is 0.429 e. The average Bonchev–Trinajstić information content (AvgIpc) is 2.89. The van der Waals surface area contributed by atoms with Crippen molar-refractivity contribution < 1.29 is 44.6 Å². The van der Waals surface area contributed by atoms with Crippen molar-refractivity contribution in [3.63, 3.8) is 0 Å². The fourth-order valence-electron chi connectivity index (χ4n) is 6.53. The Morgan fingerprint density at radius 1 is 0.925 bits per heavy atom. The van der Waals surface area contributed by atoms with Crippen LogP contribution < -0.4 is 0 Å². The zero-order chi connectivity index (χ0) is 29.1. The first-order chi connectivity index (χ1) is 18.8. The Balaban J connectivity index is 1.32. The molecule has 1 aromatic rings. The molecule has 10 heteroatoms. The van der Waals surface area contributed by atoms with E-state index < -0.39 is 41.6 Å². The molecule has 0 N–H and O–H groups in total. The van der Waals surface area contributed by atoms with Crippen LogP contribution in [0.3, 0.4) is 0 Å². The standard InChI is InChI=1S/C30H36F8O2/c1-2-3-4-19-5-7-20(8-6-19)21-9-11-22(12-10-21)23-13-14-25(26(31)17-23)29(34,35)39-24-15-16-28(33,27(32)18-24)40-30(36,37)38/h13-22,27H,2-12H2,1H3. The minimum atomic E-state index is -5.50. The molecule has 0 saturated heterocycles. The number of unbranched alkanes of at least 4 members (excludes halogenated alkanes) is 1. The van der Waals surface area contributed by atoms with Crippen molar-refractivity contribution in [2.75, 3.05) is 0 Å². The molecule has 3 aliphatic rings. The summed E-state index contributed by atoms with van der Waals surface area (Å²) in [4.78, 5) is 0. The van der Waals surface area contributed by atoms with Gasteiger partial charge in [0, 0.05) is 0 Å². The highest BCUT2D eigenvalue weighted by Crippen LogP contribution is 2.45. The lowest BCUT2D eigenvalue weighted by Gasteiger charge is -2.38. The number of alkyl halides is 7. The van der Waals surface area contributed by atoms with Gasteiger partial charge < -0.3 is 4.74 Å². The molecule has 2 atom stereocenters. The maximum atomic E-state index is 14.9. The molecule has 2 nitrogen and oxygen atoms in total. The van der Waals surface area contributed by atoms with Crippen molar-refractivity contribution in [2.24, 2.45) is 17.8 Å². The van der Waals surface area contributed by atoms with Crippen LogP contribution in [0.2, 0.25) is 0 Å². The van der Waals surface area contributed by atoms with Crippen LogP contribution >= 0.6 is 0 Å². The van der Waals surface area contributed by atoms with Gasteiger partial charge in [0.15, 0.2) is 6.17 Å². The van der Waals surface area contributed by atoms with Crippen LogP contribution in [0, 0.1) is 23.6 Å². The second kappa shape index (κ2) is 12.4. The summed E-state index contributed by atoms with van der Waals surface area (Å²) in [7, 11) is 0. The molecule has 1 aromatic carbocycles. The second-order valence-electron chi connectivity index (χ2n) is 11.4. The Bertz CT molecular complexity index is 1050. The normalized spacial score (nSPS) is 31.6. The van der Waals surface area contributed by atoms with Gasteiger partial charge in [0.05, 0.1) is 5.56 Å². The van der Waals surface area contributed by atoms with Gasteiger partial charge in [-0.15, -0.1) is 13.2 Å². The van der Waals surface area contributed by atoms with E-state index in [2.05, 4.69) is 16.4 Å². The molecule has 0 bridgehead atoms. The lowest BCUT2D eigenvalue weighted by Crippen LogP contribution is -2.41. The third-order valence-corrected chi connectivity index (χ3v) is 8.75. The van der Waals surface area contributed by atoms with E-state index in [0.717, 1.165) is 49.7 Å². The van der Waals surface area contributed by atoms with Crippen molar-refractivity contribution in [1.29, 1.82) is 0 Å². The highest BCUT2D eigenvalue weighted by atomic mass is 19.4. The highest BCUT2D eigenvalue weighted by molar-refractivity contribution is 5.31. The van der Waals surface area contributed by atoms with Gasteiger partial charge in [0.25, 0.3) is 5.85 Å². The molecule has 2 unspecified atom stereocenters. The zero-order valence-electron chi connectivity index (χ0n) is 22.5. The molecule has 0 aromatic heterocycles. The maximum Gasteiger partial charge on any atom is 0.525 e. The summed E-state index contributed by atoms with van der Waals surface area (Å²) >= 11 is 0. The van der Waals surface area contributed by atoms with E-state index in [9.17, 15) is 35.1 Å². The van der Waals surface area contributed by atoms with Gasteiger partial charge in [-0.25, -0.2) is 17.9 Å². The minimum Gasteiger partial charge on any atom is -0.429 e. The third kappa shape index (κ3) is 7.59. The molecule has 0 radical (unpaired) electrons. The van der Waals surface area contributed by atoms with Crippen LogP contribution in [0.5, 0.6) is 0 Å². The third-order valence-electron chi connectivity index (χ3n) is 8.75. The molecule has 0 amide bonds. The molecule has 0 heterocycles. The summed E-state index contributed by atoms with van der Waals surface area (Å²) in [6.07, 6.45) is 0.311. The minimum absolute atomic E-state index is 0.00945. The topological polar surface area (TPSA) is 18.5 Å². The van der Waals surface area contributed by atoms with Gasteiger partial charge in [0.2, 0.25) is 0 Å². The van der Waals surface area contributed by atoms with Crippen LogP contribution in [0.4, 0.5) is 35.1 Å². The van der Waals surface area contributed by atoms with Crippen molar-refractivity contribution in [3.8, 4) is 0 Å². The van der Waals surface area contributed by atoms with E-state index in [-0.39, 0.29) is 18.1 Å². The summed E-state index contributed by atoms with van der Waals surface area (Å²) in [6.45, 7) is 2.22. The lowest BCUT2D eigenvalue weighted by atomic mass is 9.68. The maximum absolute atomic E-state index is 14.9. The van der Waals surface area contributed by atoms with Crippen molar-refractivity contribution >= 4 is 0 Å². The number of rotatable bonds is 9. The molecule has 0 aliphatic heterocycles. The Kier molecular flexibility index (Phi) is 9.57. The highest BCUT2D eigenvalue weighted by Gasteiger charge is 2.50. The molecule has 2 saturated carbocycles. The van der Waals surface area contributed by atoms with Crippen molar-refractivity contribution in [2.45, 2.75) is 108 Å². The van der Waals surface area contributed by atoms with Gasteiger partial charge in [-0.05, 0) is 98.1 Å². The number of allylic oxidation sites excluding steroid dienone is 1. The molecule has 224 valence electrons. The van der Waals surface area contributed by atoms with E-state index in [4.69, 9.17) is 0 Å². The summed E-state index contributed by atoms with van der Waals surface area (Å²) in [6, 6.07) is 3.39. The second-order valence-corrected chi connectivity index (χ2v) is 11.4. The van der Waals surface area contributed by atoms with Gasteiger partial charge in [-0.1, -0.05) is 45.1 Å². The van der Waals surface area contributed by atoms with E-state index in [1.807, 2.05) is 0 Å². The first kappa shape index (κ1) is 30.8. The summed E-state index contributed by atoms with van der Waals surface area (Å²) in [5, 5.41) is 0. The first-order valence-electron chi connectivity index (χ1n) is 14.2. The van der Waals surface area contributed by atoms with Gasteiger partial charge in [0.1, 0.15) is 11.6 Å². The lowest BCUT2D eigenvalue weighted by molar-refractivity contribution is -0.388. The van der Waals surface area contributed by atoms with Crippen LogP contribution in [-0.2, 0) is 15.6 Å². The predicted octanol–water partition coefficient (Wildman–Crippen LogP) is 10.2. The average molecular weight is 581 g/mol. The monoisotopic (exact) mass is 580 g/mol. The molecule has 2 fully saturated rings. The quantitative estimate of drug-likeness (QED) is 0.271. The Hall–Kier alpha value is -2.10. The largest absolute Gasteiger partial charge is 0.525 e. The van der Waals surface area contributed by atoms with Crippen molar-refractivity contribution in [1.82, 2.24) is 0 Å². The molecule has 3 aliphatic carbocycles. The Morgan fingerprint density at radius 2 is 1.55 bits per heavy atom. The van der Waals surface area contributed by atoms with E-state index in [1.165, 1.54) is 51.0 Å².